The summed E-state index contributed by atoms with van der Waals surface area (Å²) < 4.78 is 7.93. The summed E-state index contributed by atoms with van der Waals surface area (Å²) in [7, 11) is 0. The number of rotatable bonds is 4. The van der Waals surface area contributed by atoms with Crippen LogP contribution in [0.5, 0.6) is 5.75 Å². The SMILES string of the molecule is O=C(O)N1CCCC(O)(COc2cccc3ccc(-c4nnc5ccccn45)nc23)CC1. The Labute approximate surface area is 183 Å². The second kappa shape index (κ2) is 8.08. The van der Waals surface area contributed by atoms with Gasteiger partial charge in [-0.3, -0.25) is 4.40 Å². The van der Waals surface area contributed by atoms with Crippen molar-refractivity contribution in [3.8, 4) is 17.3 Å². The topological polar surface area (TPSA) is 113 Å². The van der Waals surface area contributed by atoms with Gasteiger partial charge in [0.15, 0.2) is 11.5 Å². The van der Waals surface area contributed by atoms with Crippen LogP contribution >= 0.6 is 0 Å². The molecule has 0 saturated carbocycles. The summed E-state index contributed by atoms with van der Waals surface area (Å²) in [6, 6.07) is 15.2. The Bertz CT molecular complexity index is 1290. The number of aromatic nitrogens is 4. The Morgan fingerprint density at radius 3 is 2.84 bits per heavy atom. The van der Waals surface area contributed by atoms with E-state index in [2.05, 4.69) is 10.2 Å². The average molecular weight is 433 g/mol. The maximum absolute atomic E-state index is 11.2. The molecule has 0 radical (unpaired) electrons. The molecule has 9 nitrogen and oxygen atoms in total. The number of pyridine rings is 2. The van der Waals surface area contributed by atoms with Gasteiger partial charge in [-0.15, -0.1) is 10.2 Å². The van der Waals surface area contributed by atoms with Crippen molar-refractivity contribution in [3.63, 3.8) is 0 Å². The van der Waals surface area contributed by atoms with E-state index in [1.54, 1.807) is 0 Å². The minimum atomic E-state index is -1.09. The summed E-state index contributed by atoms with van der Waals surface area (Å²) in [5.41, 5.74) is 0.979. The maximum Gasteiger partial charge on any atom is 0.407 e. The average Bonchev–Trinajstić information content (AvgIpc) is 3.13. The van der Waals surface area contributed by atoms with Crippen molar-refractivity contribution in [2.75, 3.05) is 19.7 Å². The number of carboxylic acid groups (broad SMARTS) is 1. The molecule has 0 aliphatic carbocycles. The molecule has 3 aromatic heterocycles. The van der Waals surface area contributed by atoms with Crippen molar-refractivity contribution in [2.45, 2.75) is 24.9 Å². The first-order valence-electron chi connectivity index (χ1n) is 10.6. The van der Waals surface area contributed by atoms with E-state index in [9.17, 15) is 15.0 Å². The number of amides is 1. The molecule has 1 aliphatic rings. The van der Waals surface area contributed by atoms with Crippen molar-refractivity contribution < 1.29 is 19.7 Å². The smallest absolute Gasteiger partial charge is 0.407 e. The Balaban J connectivity index is 1.42. The molecule has 1 atom stereocenters. The molecule has 1 fully saturated rings. The maximum atomic E-state index is 11.2. The van der Waals surface area contributed by atoms with Crippen LogP contribution in [0.25, 0.3) is 28.1 Å². The number of ether oxygens (including phenoxy) is 1. The van der Waals surface area contributed by atoms with Gasteiger partial charge in [-0.2, -0.15) is 0 Å². The van der Waals surface area contributed by atoms with E-state index in [0.717, 1.165) is 11.0 Å². The summed E-state index contributed by atoms with van der Waals surface area (Å²) in [4.78, 5) is 17.4. The number of para-hydroxylation sites is 1. The van der Waals surface area contributed by atoms with Crippen LogP contribution < -0.4 is 4.74 Å². The van der Waals surface area contributed by atoms with Gasteiger partial charge in [0.1, 0.15) is 29.2 Å². The number of aliphatic hydroxyl groups is 1. The molecular weight excluding hydrogens is 410 g/mol. The normalized spacial score (nSPS) is 19.2. The molecule has 32 heavy (non-hydrogen) atoms. The van der Waals surface area contributed by atoms with Crippen LogP contribution in [0.15, 0.2) is 54.7 Å². The first kappa shape index (κ1) is 20.2. The highest BCUT2D eigenvalue weighted by Crippen LogP contribution is 2.29. The minimum Gasteiger partial charge on any atom is -0.488 e. The van der Waals surface area contributed by atoms with E-state index in [0.29, 0.717) is 48.6 Å². The highest BCUT2D eigenvalue weighted by atomic mass is 16.5. The second-order valence-corrected chi connectivity index (χ2v) is 8.11. The number of hydrogen-bond donors (Lipinski definition) is 2. The van der Waals surface area contributed by atoms with E-state index >= 15 is 0 Å². The molecule has 1 unspecified atom stereocenters. The zero-order valence-corrected chi connectivity index (χ0v) is 17.4. The number of benzene rings is 1. The second-order valence-electron chi connectivity index (χ2n) is 8.11. The fourth-order valence-corrected chi connectivity index (χ4v) is 4.10. The van der Waals surface area contributed by atoms with Crippen LogP contribution in [0.4, 0.5) is 4.79 Å². The quantitative estimate of drug-likeness (QED) is 0.508. The lowest BCUT2D eigenvalue weighted by Crippen LogP contribution is -2.38. The number of likely N-dealkylation sites (tertiary alicyclic amines) is 1. The van der Waals surface area contributed by atoms with Gasteiger partial charge >= 0.3 is 6.09 Å². The van der Waals surface area contributed by atoms with Crippen molar-refractivity contribution in [2.24, 2.45) is 0 Å². The van der Waals surface area contributed by atoms with Crippen LogP contribution in [-0.2, 0) is 0 Å². The summed E-state index contributed by atoms with van der Waals surface area (Å²) >= 11 is 0. The van der Waals surface area contributed by atoms with Crippen LogP contribution in [0.2, 0.25) is 0 Å². The predicted octanol–water partition coefficient (Wildman–Crippen LogP) is 3.22. The number of hydrogen-bond acceptors (Lipinski definition) is 6. The lowest BCUT2D eigenvalue weighted by Gasteiger charge is -2.26. The van der Waals surface area contributed by atoms with E-state index in [1.165, 1.54) is 4.90 Å². The van der Waals surface area contributed by atoms with Gasteiger partial charge in [0, 0.05) is 24.7 Å². The number of fused-ring (bicyclic) bond motifs is 2. The molecule has 0 spiro atoms. The molecule has 0 bridgehead atoms. The van der Waals surface area contributed by atoms with Gasteiger partial charge < -0.3 is 19.8 Å². The molecule has 4 heterocycles. The highest BCUT2D eigenvalue weighted by molar-refractivity contribution is 5.86. The monoisotopic (exact) mass is 433 g/mol. The molecule has 1 aliphatic heterocycles. The Morgan fingerprint density at radius 2 is 1.97 bits per heavy atom. The summed E-state index contributed by atoms with van der Waals surface area (Å²) in [5, 5.41) is 29.6. The zero-order chi connectivity index (χ0) is 22.1. The predicted molar refractivity (Wildman–Crippen MR) is 118 cm³/mol. The largest absolute Gasteiger partial charge is 0.488 e. The first-order valence-corrected chi connectivity index (χ1v) is 10.6. The summed E-state index contributed by atoms with van der Waals surface area (Å²) in [6.07, 6.45) is 2.33. The molecular formula is C23H23N5O4. The molecule has 5 rings (SSSR count). The van der Waals surface area contributed by atoms with E-state index in [1.807, 2.05) is 59.1 Å². The fourth-order valence-electron chi connectivity index (χ4n) is 4.10. The highest BCUT2D eigenvalue weighted by Gasteiger charge is 2.32. The van der Waals surface area contributed by atoms with Crippen molar-refractivity contribution in [1.82, 2.24) is 24.5 Å². The fraction of sp³-hybridized carbons (Fsp3) is 0.304. The van der Waals surface area contributed by atoms with Crippen molar-refractivity contribution in [3.05, 3.63) is 54.7 Å². The van der Waals surface area contributed by atoms with Gasteiger partial charge in [-0.1, -0.05) is 24.3 Å². The molecule has 1 saturated heterocycles. The number of carbonyl (C=O) groups is 1. The third-order valence-corrected chi connectivity index (χ3v) is 5.91. The van der Waals surface area contributed by atoms with Crippen LogP contribution in [0.1, 0.15) is 19.3 Å². The summed E-state index contributed by atoms with van der Waals surface area (Å²) in [6.45, 7) is 0.773. The van der Waals surface area contributed by atoms with E-state index < -0.39 is 11.7 Å². The third-order valence-electron chi connectivity index (χ3n) is 5.91. The number of nitrogens with zero attached hydrogens (tertiary/aromatic N) is 5. The lowest BCUT2D eigenvalue weighted by atomic mass is 9.96. The molecule has 9 heteroatoms. The van der Waals surface area contributed by atoms with E-state index in [-0.39, 0.29) is 13.2 Å². The van der Waals surface area contributed by atoms with Gasteiger partial charge in [-0.25, -0.2) is 9.78 Å². The Hall–Kier alpha value is -3.72. The van der Waals surface area contributed by atoms with Crippen LogP contribution in [0, 0.1) is 0 Å². The standard InChI is InChI=1S/C23H23N5O4/c29-22(30)27-12-4-10-23(31,11-14-27)15-32-18-6-3-5-16-8-9-17(24-20(16)18)21-26-25-19-7-1-2-13-28(19)21/h1-3,5-9,13,31H,4,10-12,14-15H2,(H,29,30). The van der Waals surface area contributed by atoms with Gasteiger partial charge in [0.05, 0.1) is 0 Å². The van der Waals surface area contributed by atoms with Crippen molar-refractivity contribution >= 4 is 22.6 Å². The van der Waals surface area contributed by atoms with Gasteiger partial charge in [0.25, 0.3) is 0 Å². The van der Waals surface area contributed by atoms with Gasteiger partial charge in [-0.05, 0) is 43.5 Å². The molecule has 4 aromatic rings. The minimum absolute atomic E-state index is 0.0688. The first-order chi connectivity index (χ1) is 15.5. The molecule has 1 amide bonds. The Kier molecular flexibility index (Phi) is 5.10. The van der Waals surface area contributed by atoms with Gasteiger partial charge in [0.2, 0.25) is 0 Å². The molecule has 1 aromatic carbocycles. The summed E-state index contributed by atoms with van der Waals surface area (Å²) in [5.74, 6) is 1.19. The van der Waals surface area contributed by atoms with Crippen molar-refractivity contribution in [1.29, 1.82) is 0 Å². The van der Waals surface area contributed by atoms with Crippen LogP contribution in [-0.4, -0.2) is 66.1 Å². The van der Waals surface area contributed by atoms with E-state index in [4.69, 9.17) is 9.72 Å². The van der Waals surface area contributed by atoms with Crippen LogP contribution in [0.3, 0.4) is 0 Å². The molecule has 164 valence electrons. The third kappa shape index (κ3) is 3.82. The Morgan fingerprint density at radius 1 is 1.06 bits per heavy atom. The lowest BCUT2D eigenvalue weighted by molar-refractivity contribution is -0.0159. The molecule has 2 N–H and O–H groups in total. The zero-order valence-electron chi connectivity index (χ0n) is 17.4.